The number of benzene rings is 1. The first kappa shape index (κ1) is 24.0. The minimum atomic E-state index is -0.509. The van der Waals surface area contributed by atoms with E-state index in [1.165, 1.54) is 59.2 Å². The summed E-state index contributed by atoms with van der Waals surface area (Å²) in [6, 6.07) is 3.34. The van der Waals surface area contributed by atoms with Gasteiger partial charge in [-0.3, -0.25) is 4.79 Å². The van der Waals surface area contributed by atoms with Crippen molar-refractivity contribution in [2.45, 2.75) is 77.6 Å². The molecule has 0 radical (unpaired) electrons. The summed E-state index contributed by atoms with van der Waals surface area (Å²) in [6.07, 6.45) is 11.6. The van der Waals surface area contributed by atoms with E-state index in [4.69, 9.17) is 14.2 Å². The van der Waals surface area contributed by atoms with Crippen LogP contribution >= 0.6 is 0 Å². The predicted octanol–water partition coefficient (Wildman–Crippen LogP) is 5.52. The van der Waals surface area contributed by atoms with Gasteiger partial charge >= 0.3 is 5.97 Å². The first-order valence-electron chi connectivity index (χ1n) is 10.4. The van der Waals surface area contributed by atoms with Gasteiger partial charge in [0.25, 0.3) is 0 Å². The summed E-state index contributed by atoms with van der Waals surface area (Å²) >= 11 is 0. The third-order valence-electron chi connectivity index (χ3n) is 4.95. The Bertz CT molecular complexity index is 609. The number of ether oxygens (including phenoxy) is 3. The maximum Gasteiger partial charge on any atom is 0.341 e. The number of rotatable bonds is 15. The fourth-order valence-corrected chi connectivity index (χ4v) is 3.33. The molecule has 5 heteroatoms. The molecule has 0 unspecified atom stereocenters. The van der Waals surface area contributed by atoms with Gasteiger partial charge in [-0.15, -0.1) is 0 Å². The number of carbonyl (C=O) groups is 2. The van der Waals surface area contributed by atoms with Crippen molar-refractivity contribution in [3.05, 3.63) is 23.3 Å². The van der Waals surface area contributed by atoms with Crippen LogP contribution in [0.1, 0.15) is 87.1 Å². The maximum atomic E-state index is 12.4. The largest absolute Gasteiger partial charge is 0.497 e. The molecule has 0 aromatic heterocycles. The molecule has 0 heterocycles. The summed E-state index contributed by atoms with van der Waals surface area (Å²) in [5, 5.41) is 0. The number of carbonyl (C=O) groups excluding carboxylic acids is 2. The summed E-state index contributed by atoms with van der Waals surface area (Å²) in [4.78, 5) is 24.6. The SMILES string of the molecule is CCCCCCCCCCCC(=O)Cc1cc(OC)cc(OC)c1C(=O)OC. The van der Waals surface area contributed by atoms with E-state index in [9.17, 15) is 9.59 Å². The minimum absolute atomic E-state index is 0.114. The molecule has 0 amide bonds. The predicted molar refractivity (Wildman–Crippen MR) is 111 cm³/mol. The van der Waals surface area contributed by atoms with E-state index in [2.05, 4.69) is 6.92 Å². The van der Waals surface area contributed by atoms with E-state index in [0.717, 1.165) is 12.8 Å². The van der Waals surface area contributed by atoms with E-state index >= 15 is 0 Å². The zero-order chi connectivity index (χ0) is 20.8. The molecular weight excluding hydrogens is 356 g/mol. The first-order valence-corrected chi connectivity index (χ1v) is 10.4. The van der Waals surface area contributed by atoms with Crippen LogP contribution in [0.15, 0.2) is 12.1 Å². The summed E-state index contributed by atoms with van der Waals surface area (Å²) in [5.74, 6) is 0.515. The molecule has 1 aromatic rings. The lowest BCUT2D eigenvalue weighted by Gasteiger charge is -2.14. The summed E-state index contributed by atoms with van der Waals surface area (Å²) < 4.78 is 15.4. The third-order valence-corrected chi connectivity index (χ3v) is 4.95. The van der Waals surface area contributed by atoms with Gasteiger partial charge in [-0.25, -0.2) is 4.79 Å². The molecule has 0 bridgehead atoms. The molecule has 0 saturated heterocycles. The monoisotopic (exact) mass is 392 g/mol. The number of unbranched alkanes of at least 4 members (excludes halogenated alkanes) is 8. The van der Waals surface area contributed by atoms with Crippen LogP contribution in [0.5, 0.6) is 11.5 Å². The van der Waals surface area contributed by atoms with Crippen LogP contribution in [0.25, 0.3) is 0 Å². The lowest BCUT2D eigenvalue weighted by molar-refractivity contribution is -0.118. The van der Waals surface area contributed by atoms with Gasteiger partial charge in [-0.1, -0.05) is 58.3 Å². The van der Waals surface area contributed by atoms with Crippen LogP contribution in [0.4, 0.5) is 0 Å². The standard InChI is InChI=1S/C23H36O5/c1-5-6-7-8-9-10-11-12-13-14-19(24)15-18-16-20(26-2)17-21(27-3)22(18)23(25)28-4/h16-17H,5-15H2,1-4H3. The molecule has 0 spiro atoms. The Morgan fingerprint density at radius 1 is 0.821 bits per heavy atom. The van der Waals surface area contributed by atoms with Crippen LogP contribution in [-0.4, -0.2) is 33.1 Å². The second-order valence-corrected chi connectivity index (χ2v) is 7.15. The first-order chi connectivity index (χ1) is 13.6. The molecule has 158 valence electrons. The topological polar surface area (TPSA) is 61.8 Å². The van der Waals surface area contributed by atoms with Gasteiger partial charge in [0.15, 0.2) is 0 Å². The molecular formula is C23H36O5. The van der Waals surface area contributed by atoms with E-state index in [-0.39, 0.29) is 12.2 Å². The van der Waals surface area contributed by atoms with Crippen molar-refractivity contribution >= 4 is 11.8 Å². The fraction of sp³-hybridized carbons (Fsp3) is 0.652. The lowest BCUT2D eigenvalue weighted by Crippen LogP contribution is -2.12. The molecule has 0 aliphatic carbocycles. The second kappa shape index (κ2) is 14.0. The number of esters is 1. The van der Waals surface area contributed by atoms with Crippen molar-refractivity contribution in [2.75, 3.05) is 21.3 Å². The van der Waals surface area contributed by atoms with Crippen LogP contribution in [0, 0.1) is 0 Å². The number of Topliss-reactive ketones (excluding diaryl/α,β-unsaturated/α-hetero) is 1. The Kier molecular flexibility index (Phi) is 12.0. The molecule has 0 aliphatic rings. The molecule has 0 aliphatic heterocycles. The molecule has 1 aromatic carbocycles. The van der Waals surface area contributed by atoms with Crippen LogP contribution in [-0.2, 0) is 16.0 Å². The molecule has 0 N–H and O–H groups in total. The highest BCUT2D eigenvalue weighted by atomic mass is 16.5. The van der Waals surface area contributed by atoms with Crippen molar-refractivity contribution in [1.29, 1.82) is 0 Å². The van der Waals surface area contributed by atoms with Crippen molar-refractivity contribution in [3.8, 4) is 11.5 Å². The van der Waals surface area contributed by atoms with Gasteiger partial charge < -0.3 is 14.2 Å². The zero-order valence-corrected chi connectivity index (χ0v) is 18.0. The molecule has 0 atom stereocenters. The molecule has 1 rings (SSSR count). The number of ketones is 1. The molecule has 0 saturated carbocycles. The summed E-state index contributed by atoms with van der Waals surface area (Å²) in [5.41, 5.74) is 0.884. The highest BCUT2D eigenvalue weighted by molar-refractivity contribution is 5.96. The van der Waals surface area contributed by atoms with E-state index in [1.807, 2.05) is 0 Å². The van der Waals surface area contributed by atoms with Gasteiger partial charge in [-0.05, 0) is 18.1 Å². The minimum Gasteiger partial charge on any atom is -0.497 e. The van der Waals surface area contributed by atoms with Crippen LogP contribution in [0.2, 0.25) is 0 Å². The Morgan fingerprint density at radius 3 is 1.96 bits per heavy atom. The molecule has 0 fully saturated rings. The average molecular weight is 393 g/mol. The van der Waals surface area contributed by atoms with Gasteiger partial charge in [0.2, 0.25) is 0 Å². The smallest absolute Gasteiger partial charge is 0.341 e. The van der Waals surface area contributed by atoms with E-state index in [1.54, 1.807) is 19.2 Å². The molecule has 5 nitrogen and oxygen atoms in total. The maximum absolute atomic E-state index is 12.4. The number of hydrogen-bond donors (Lipinski definition) is 0. The Balaban J connectivity index is 2.53. The average Bonchev–Trinajstić information content (AvgIpc) is 2.71. The summed E-state index contributed by atoms with van der Waals surface area (Å²) in [6.45, 7) is 2.23. The number of hydrogen-bond acceptors (Lipinski definition) is 5. The normalized spacial score (nSPS) is 10.6. The van der Waals surface area contributed by atoms with Crippen molar-refractivity contribution < 1.29 is 23.8 Å². The van der Waals surface area contributed by atoms with Gasteiger partial charge in [0.1, 0.15) is 22.8 Å². The van der Waals surface area contributed by atoms with Gasteiger partial charge in [0, 0.05) is 18.9 Å². The fourth-order valence-electron chi connectivity index (χ4n) is 3.33. The zero-order valence-electron chi connectivity index (χ0n) is 18.0. The van der Waals surface area contributed by atoms with Gasteiger partial charge in [0.05, 0.1) is 21.3 Å². The van der Waals surface area contributed by atoms with Crippen molar-refractivity contribution in [3.63, 3.8) is 0 Å². The Morgan fingerprint density at radius 2 is 1.43 bits per heavy atom. The Labute approximate surface area is 169 Å². The van der Waals surface area contributed by atoms with E-state index < -0.39 is 5.97 Å². The van der Waals surface area contributed by atoms with Crippen molar-refractivity contribution in [1.82, 2.24) is 0 Å². The molecule has 28 heavy (non-hydrogen) atoms. The van der Waals surface area contributed by atoms with E-state index in [0.29, 0.717) is 29.0 Å². The van der Waals surface area contributed by atoms with Crippen molar-refractivity contribution in [2.24, 2.45) is 0 Å². The quantitative estimate of drug-likeness (QED) is 0.290. The Hall–Kier alpha value is -2.04. The third kappa shape index (κ3) is 8.32. The van der Waals surface area contributed by atoms with Gasteiger partial charge in [-0.2, -0.15) is 0 Å². The summed E-state index contributed by atoms with van der Waals surface area (Å²) in [7, 11) is 4.34. The highest BCUT2D eigenvalue weighted by Crippen LogP contribution is 2.30. The number of methoxy groups -OCH3 is 3. The van der Waals surface area contributed by atoms with Crippen LogP contribution < -0.4 is 9.47 Å². The lowest BCUT2D eigenvalue weighted by atomic mass is 9.98. The highest BCUT2D eigenvalue weighted by Gasteiger charge is 2.21. The second-order valence-electron chi connectivity index (χ2n) is 7.15. The van der Waals surface area contributed by atoms with Crippen LogP contribution in [0.3, 0.4) is 0 Å².